The fourth-order valence-corrected chi connectivity index (χ4v) is 5.53. The molecule has 0 aliphatic heterocycles. The fourth-order valence-electron chi connectivity index (χ4n) is 5.32. The lowest BCUT2D eigenvalue weighted by atomic mass is 9.49. The Hall–Kier alpha value is -2.32. The summed E-state index contributed by atoms with van der Waals surface area (Å²) in [5.74, 6) is -2.53. The van der Waals surface area contributed by atoms with Crippen molar-refractivity contribution in [2.24, 2.45) is 17.3 Å². The predicted octanol–water partition coefficient (Wildman–Crippen LogP) is 4.24. The molecular formula is C23H23F2O5S-. The van der Waals surface area contributed by atoms with E-state index in [4.69, 9.17) is 4.74 Å². The van der Waals surface area contributed by atoms with E-state index in [1.54, 1.807) is 0 Å². The second-order valence-corrected chi connectivity index (χ2v) is 10.8. The molecule has 3 aliphatic carbocycles. The van der Waals surface area contributed by atoms with Gasteiger partial charge in [0.15, 0.2) is 16.7 Å². The van der Waals surface area contributed by atoms with Gasteiger partial charge < -0.3 is 9.29 Å². The number of rotatable bonds is 4. The van der Waals surface area contributed by atoms with Crippen LogP contribution in [0.4, 0.5) is 8.78 Å². The van der Waals surface area contributed by atoms with Gasteiger partial charge in [0.2, 0.25) is 0 Å². The van der Waals surface area contributed by atoms with Gasteiger partial charge in [-0.1, -0.05) is 69.3 Å². The SMILES string of the molecule is CC(C)(C)C1C2c3ccccc3C(c3ccccc32)C1C(=O)OCC(F)(F)S(=O)(=O)[O-]. The van der Waals surface area contributed by atoms with Crippen LogP contribution in [0.5, 0.6) is 0 Å². The second-order valence-electron chi connectivity index (χ2n) is 9.33. The summed E-state index contributed by atoms with van der Waals surface area (Å²) in [6.45, 7) is 4.17. The lowest BCUT2D eigenvalue weighted by molar-refractivity contribution is -0.160. The lowest BCUT2D eigenvalue weighted by Crippen LogP contribution is -2.49. The van der Waals surface area contributed by atoms with Gasteiger partial charge >= 0.3 is 11.2 Å². The smallest absolute Gasteiger partial charge is 0.367 e. The third-order valence-electron chi connectivity index (χ3n) is 6.46. The van der Waals surface area contributed by atoms with E-state index in [-0.39, 0.29) is 17.3 Å². The van der Waals surface area contributed by atoms with Crippen molar-refractivity contribution >= 4 is 16.1 Å². The maximum Gasteiger partial charge on any atom is 0.367 e. The minimum atomic E-state index is -5.94. The van der Waals surface area contributed by atoms with Gasteiger partial charge in [-0.2, -0.15) is 8.78 Å². The molecule has 0 fully saturated rings. The Morgan fingerprint density at radius 2 is 1.35 bits per heavy atom. The van der Waals surface area contributed by atoms with Crippen LogP contribution in [0.2, 0.25) is 0 Å². The Kier molecular flexibility index (Phi) is 5.01. The molecule has 5 rings (SSSR count). The second kappa shape index (κ2) is 7.10. The van der Waals surface area contributed by atoms with Crippen molar-refractivity contribution in [3.05, 3.63) is 70.8 Å². The summed E-state index contributed by atoms with van der Waals surface area (Å²) < 4.78 is 64.6. The van der Waals surface area contributed by atoms with Crippen molar-refractivity contribution in [2.75, 3.05) is 6.61 Å². The topological polar surface area (TPSA) is 83.5 Å². The quantitative estimate of drug-likeness (QED) is 0.515. The molecule has 0 saturated heterocycles. The zero-order valence-electron chi connectivity index (χ0n) is 17.3. The molecular weight excluding hydrogens is 426 g/mol. The molecule has 0 N–H and O–H groups in total. The van der Waals surface area contributed by atoms with Gasteiger partial charge in [-0.15, -0.1) is 0 Å². The van der Waals surface area contributed by atoms with Gasteiger partial charge in [-0.05, 0) is 33.6 Å². The van der Waals surface area contributed by atoms with Crippen LogP contribution < -0.4 is 0 Å². The van der Waals surface area contributed by atoms with E-state index >= 15 is 0 Å². The summed E-state index contributed by atoms with van der Waals surface area (Å²) in [6, 6.07) is 15.5. The van der Waals surface area contributed by atoms with Crippen LogP contribution in [0.1, 0.15) is 54.9 Å². The van der Waals surface area contributed by atoms with Crippen molar-refractivity contribution in [3.63, 3.8) is 0 Å². The fraction of sp³-hybridized carbons (Fsp3) is 0.435. The first-order valence-corrected chi connectivity index (χ1v) is 11.4. The van der Waals surface area contributed by atoms with Gasteiger partial charge in [-0.3, -0.25) is 4.79 Å². The minimum Gasteiger partial charge on any atom is -0.743 e. The molecule has 2 bridgehead atoms. The van der Waals surface area contributed by atoms with Crippen molar-refractivity contribution in [3.8, 4) is 0 Å². The third-order valence-corrected chi connectivity index (χ3v) is 7.31. The molecule has 0 heterocycles. The number of hydrogen-bond acceptors (Lipinski definition) is 5. The van der Waals surface area contributed by atoms with E-state index in [2.05, 4.69) is 0 Å². The number of benzene rings is 2. The minimum absolute atomic E-state index is 0.140. The maximum atomic E-state index is 13.7. The monoisotopic (exact) mass is 449 g/mol. The standard InChI is InChI=1S/C23H24F2O5S/c1-22(2,3)20-18-15-10-6-4-8-13(15)17(14-9-5-7-11-16(14)18)19(20)21(26)30-12-23(24,25)31(27,28)29/h4-11,17-20H,12H2,1-3H3,(H,27,28,29)/p-1. The highest BCUT2D eigenvalue weighted by Crippen LogP contribution is 2.62. The summed E-state index contributed by atoms with van der Waals surface area (Å²) >= 11 is 0. The molecule has 0 radical (unpaired) electrons. The molecule has 2 unspecified atom stereocenters. The number of hydrogen-bond donors (Lipinski definition) is 0. The third kappa shape index (κ3) is 3.46. The molecule has 3 aliphatic rings. The van der Waals surface area contributed by atoms with Crippen molar-refractivity contribution in [1.82, 2.24) is 0 Å². The Bertz CT molecular complexity index is 1090. The highest BCUT2D eigenvalue weighted by atomic mass is 32.2. The molecule has 8 heteroatoms. The van der Waals surface area contributed by atoms with Gasteiger partial charge in [0, 0.05) is 11.8 Å². The van der Waals surface area contributed by atoms with Gasteiger partial charge in [-0.25, -0.2) is 8.42 Å². The average molecular weight is 449 g/mol. The van der Waals surface area contributed by atoms with E-state index in [1.165, 1.54) is 0 Å². The maximum absolute atomic E-state index is 13.7. The van der Waals surface area contributed by atoms with Crippen molar-refractivity contribution in [2.45, 2.75) is 37.9 Å². The molecule has 2 aromatic carbocycles. The Morgan fingerprint density at radius 1 is 0.935 bits per heavy atom. The molecule has 0 spiro atoms. The van der Waals surface area contributed by atoms with E-state index < -0.39 is 39.8 Å². The Balaban J connectivity index is 1.81. The lowest BCUT2D eigenvalue weighted by Gasteiger charge is -2.54. The van der Waals surface area contributed by atoms with Crippen molar-refractivity contribution < 1.29 is 31.3 Å². The highest BCUT2D eigenvalue weighted by molar-refractivity contribution is 7.86. The number of carbonyl (C=O) groups is 1. The summed E-state index contributed by atoms with van der Waals surface area (Å²) in [5, 5.41) is -4.68. The first-order chi connectivity index (χ1) is 14.3. The van der Waals surface area contributed by atoms with Crippen LogP contribution in [0.25, 0.3) is 0 Å². The zero-order chi connectivity index (χ0) is 22.8. The molecule has 5 nitrogen and oxygen atoms in total. The Labute approximate surface area is 180 Å². The first-order valence-electron chi connectivity index (χ1n) is 10.0. The number of esters is 1. The van der Waals surface area contributed by atoms with Gasteiger partial charge in [0.1, 0.15) is 0 Å². The van der Waals surface area contributed by atoms with Crippen LogP contribution in [-0.4, -0.2) is 30.8 Å². The summed E-state index contributed by atoms with van der Waals surface area (Å²) in [7, 11) is -5.94. The summed E-state index contributed by atoms with van der Waals surface area (Å²) in [5.41, 5.74) is 3.69. The van der Waals surface area contributed by atoms with Crippen LogP contribution in [0.15, 0.2) is 48.5 Å². The molecule has 0 saturated carbocycles. The van der Waals surface area contributed by atoms with E-state index in [9.17, 15) is 26.5 Å². The van der Waals surface area contributed by atoms with Crippen LogP contribution in [-0.2, 0) is 19.6 Å². The molecule has 2 aromatic rings. The normalized spacial score (nSPS) is 25.0. The van der Waals surface area contributed by atoms with E-state index in [0.717, 1.165) is 22.3 Å². The van der Waals surface area contributed by atoms with E-state index in [0.29, 0.717) is 0 Å². The zero-order valence-corrected chi connectivity index (χ0v) is 18.2. The Morgan fingerprint density at radius 3 is 1.74 bits per heavy atom. The number of ether oxygens (including phenoxy) is 1. The molecule has 2 atom stereocenters. The number of halogens is 2. The largest absolute Gasteiger partial charge is 0.743 e. The molecule has 0 amide bonds. The average Bonchev–Trinajstić information content (AvgIpc) is 2.70. The first kappa shape index (κ1) is 21.9. The van der Waals surface area contributed by atoms with Gasteiger partial charge in [0.05, 0.1) is 5.92 Å². The number of fused-ring (bicyclic) bond motifs is 1. The predicted molar refractivity (Wildman–Crippen MR) is 109 cm³/mol. The molecule has 166 valence electrons. The van der Waals surface area contributed by atoms with Crippen LogP contribution in [0, 0.1) is 17.3 Å². The molecule has 31 heavy (non-hydrogen) atoms. The van der Waals surface area contributed by atoms with E-state index in [1.807, 2.05) is 69.3 Å². The van der Waals surface area contributed by atoms with Crippen molar-refractivity contribution in [1.29, 1.82) is 0 Å². The number of alkyl halides is 2. The molecule has 0 aromatic heterocycles. The van der Waals surface area contributed by atoms with Crippen LogP contribution >= 0.6 is 0 Å². The highest BCUT2D eigenvalue weighted by Gasteiger charge is 2.56. The number of carbonyl (C=O) groups excluding carboxylic acids is 1. The summed E-state index contributed by atoms with van der Waals surface area (Å²) in [4.78, 5) is 13.2. The summed E-state index contributed by atoms with van der Waals surface area (Å²) in [6.07, 6.45) is 0. The van der Waals surface area contributed by atoms with Crippen LogP contribution in [0.3, 0.4) is 0 Å². The van der Waals surface area contributed by atoms with Gasteiger partial charge in [0.25, 0.3) is 0 Å².